The van der Waals surface area contributed by atoms with Crippen LogP contribution < -0.4 is 18.9 Å². The van der Waals surface area contributed by atoms with Crippen molar-refractivity contribution >= 4 is 82.2 Å². The molecule has 7 aromatic rings. The molecule has 0 spiro atoms. The number of fused-ring (bicyclic) bond motifs is 8. The van der Waals surface area contributed by atoms with Gasteiger partial charge in [0.05, 0.1) is 31.9 Å². The van der Waals surface area contributed by atoms with Gasteiger partial charge in [0.15, 0.2) is 23.0 Å². The molecule has 0 radical (unpaired) electrons. The molecule has 4 aromatic carbocycles. The van der Waals surface area contributed by atoms with E-state index < -0.39 is 0 Å². The van der Waals surface area contributed by atoms with E-state index in [2.05, 4.69) is 119 Å². The van der Waals surface area contributed by atoms with Gasteiger partial charge in [0.25, 0.3) is 0 Å². The van der Waals surface area contributed by atoms with Crippen molar-refractivity contribution in [2.45, 2.75) is 13.8 Å². The molecular formula is C50H38N4O4S3. The molecule has 3 aromatic heterocycles. The summed E-state index contributed by atoms with van der Waals surface area (Å²) in [5.41, 5.74) is 10.8. The number of ether oxygens (including phenoxy) is 4. The molecule has 0 bridgehead atoms. The third-order valence-electron chi connectivity index (χ3n) is 10.3. The first-order valence-corrected chi connectivity index (χ1v) is 22.6. The molecule has 11 rings (SSSR count). The highest BCUT2D eigenvalue weighted by Crippen LogP contribution is 2.46. The quantitative estimate of drug-likeness (QED) is 0.113. The van der Waals surface area contributed by atoms with Crippen LogP contribution in [0, 0.1) is 0 Å². The summed E-state index contributed by atoms with van der Waals surface area (Å²) < 4.78 is 24.4. The molecule has 0 saturated carbocycles. The first-order valence-electron chi connectivity index (χ1n) is 20.2. The Balaban J connectivity index is 0.00000220. The minimum atomic E-state index is 0.488. The summed E-state index contributed by atoms with van der Waals surface area (Å²) >= 11 is 4.85. The standard InChI is InChI=1S/C48H32N4O4S3.C2H6/c1-5-13-35-31(9-1)32-10-2-6-14-36(32)43(35)51-49-27-41-47-45(53-23-25-55-47)39(58-41)21-19-29-17-18-30(57-29)20-22-40-46-48(56-26-24-54-46)42(59-40)28-50-52-44-37-15-7-3-11-33(37)34-12-4-8-16-38(34)44;1-2/h1-22,27-28H,23-26H2;1-2H3/b21-19+,22-20+,49-27+,50-28+;. The van der Waals surface area contributed by atoms with E-state index in [1.807, 2.05) is 38.1 Å². The average molecular weight is 855 g/mol. The number of hydrogen-bond donors (Lipinski definition) is 0. The predicted octanol–water partition coefficient (Wildman–Crippen LogP) is 12.5. The van der Waals surface area contributed by atoms with Crippen LogP contribution in [0.2, 0.25) is 0 Å². The smallest absolute Gasteiger partial charge is 0.181 e. The van der Waals surface area contributed by atoms with Crippen molar-refractivity contribution in [1.29, 1.82) is 0 Å². The van der Waals surface area contributed by atoms with Crippen molar-refractivity contribution in [3.05, 3.63) is 161 Å². The van der Waals surface area contributed by atoms with Crippen LogP contribution in [-0.4, -0.2) is 50.3 Å². The molecule has 0 N–H and O–H groups in total. The zero-order valence-electron chi connectivity index (χ0n) is 33.3. The van der Waals surface area contributed by atoms with Crippen LogP contribution >= 0.6 is 34.0 Å². The van der Waals surface area contributed by atoms with Crippen molar-refractivity contribution < 1.29 is 18.9 Å². The Morgan fingerprint density at radius 3 is 1.03 bits per heavy atom. The molecule has 11 heteroatoms. The largest absolute Gasteiger partial charge is 0.485 e. The highest BCUT2D eigenvalue weighted by atomic mass is 32.1. The lowest BCUT2D eigenvalue weighted by atomic mass is 10.1. The fourth-order valence-electron chi connectivity index (χ4n) is 7.73. The minimum Gasteiger partial charge on any atom is -0.485 e. The molecular weight excluding hydrogens is 817 g/mol. The van der Waals surface area contributed by atoms with Crippen LogP contribution in [0.5, 0.6) is 23.0 Å². The Kier molecular flexibility index (Phi) is 10.8. The number of rotatable bonds is 8. The van der Waals surface area contributed by atoms with Crippen LogP contribution in [0.15, 0.2) is 130 Å². The van der Waals surface area contributed by atoms with E-state index in [-0.39, 0.29) is 0 Å². The summed E-state index contributed by atoms with van der Waals surface area (Å²) in [4.78, 5) is 5.90. The van der Waals surface area contributed by atoms with Crippen molar-refractivity contribution in [2.75, 3.05) is 26.4 Å². The van der Waals surface area contributed by atoms with Crippen molar-refractivity contribution in [3.63, 3.8) is 0 Å². The Morgan fingerprint density at radius 1 is 0.377 bits per heavy atom. The van der Waals surface area contributed by atoms with E-state index >= 15 is 0 Å². The first-order chi connectivity index (χ1) is 30.3. The lowest BCUT2D eigenvalue weighted by molar-refractivity contribution is 0.173. The fraction of sp³-hybridized carbons (Fsp3) is 0.120. The highest BCUT2D eigenvalue weighted by Gasteiger charge is 2.27. The number of hydrogen-bond acceptors (Lipinski definition) is 11. The molecule has 0 unspecified atom stereocenters. The van der Waals surface area contributed by atoms with E-state index in [0.29, 0.717) is 37.9 Å². The molecule has 0 atom stereocenters. The van der Waals surface area contributed by atoms with Gasteiger partial charge in [0.2, 0.25) is 0 Å². The van der Waals surface area contributed by atoms with Gasteiger partial charge in [0, 0.05) is 32.0 Å². The lowest BCUT2D eigenvalue weighted by Gasteiger charge is -2.16. The van der Waals surface area contributed by atoms with Crippen LogP contribution in [0.25, 0.3) is 46.6 Å². The van der Waals surface area contributed by atoms with Gasteiger partial charge >= 0.3 is 0 Å². The molecule has 0 saturated heterocycles. The second-order valence-electron chi connectivity index (χ2n) is 13.8. The van der Waals surface area contributed by atoms with Gasteiger partial charge in [-0.05, 0) is 58.7 Å². The van der Waals surface area contributed by atoms with Gasteiger partial charge in [0.1, 0.15) is 37.9 Å². The van der Waals surface area contributed by atoms with Crippen LogP contribution in [-0.2, 0) is 0 Å². The van der Waals surface area contributed by atoms with E-state index in [1.165, 1.54) is 22.3 Å². The van der Waals surface area contributed by atoms with Crippen LogP contribution in [0.1, 0.15) is 65.4 Å². The van der Waals surface area contributed by atoms with Gasteiger partial charge in [-0.3, -0.25) is 0 Å². The Hall–Kier alpha value is -6.66. The fourth-order valence-corrected chi connectivity index (χ4v) is 10.5. The Bertz CT molecular complexity index is 2690. The summed E-state index contributed by atoms with van der Waals surface area (Å²) in [6.45, 7) is 5.97. The van der Waals surface area contributed by atoms with Gasteiger partial charge in [-0.1, -0.05) is 111 Å². The van der Waals surface area contributed by atoms with Crippen molar-refractivity contribution in [2.24, 2.45) is 20.4 Å². The molecule has 0 fully saturated rings. The van der Waals surface area contributed by atoms with E-state index in [9.17, 15) is 0 Å². The summed E-state index contributed by atoms with van der Waals surface area (Å²) in [7, 11) is 0. The lowest BCUT2D eigenvalue weighted by Crippen LogP contribution is -2.15. The van der Waals surface area contributed by atoms with Gasteiger partial charge in [-0.2, -0.15) is 10.2 Å². The van der Waals surface area contributed by atoms with Crippen LogP contribution in [0.3, 0.4) is 0 Å². The minimum absolute atomic E-state index is 0.488. The molecule has 4 aliphatic rings. The third-order valence-corrected chi connectivity index (χ3v) is 13.4. The monoisotopic (exact) mass is 854 g/mol. The number of thiophene rings is 3. The van der Waals surface area contributed by atoms with E-state index in [4.69, 9.17) is 29.2 Å². The SMILES string of the molecule is C(=C\c1sc(/C=N/N=C2c3ccccc3-c3ccccc32)c2c1OCCO2)/c1ccc(/C=C/c2sc(/C=N/N=C3c4ccccc4-c4ccccc43)c3c2OCCO3)s1.CC. The topological polar surface area (TPSA) is 86.4 Å². The van der Waals surface area contributed by atoms with Crippen LogP contribution in [0.4, 0.5) is 0 Å². The summed E-state index contributed by atoms with van der Waals surface area (Å²) in [6, 6.07) is 37.5. The summed E-state index contributed by atoms with van der Waals surface area (Å²) in [5, 5.41) is 18.5. The molecule has 2 aliphatic carbocycles. The van der Waals surface area contributed by atoms with Gasteiger partial charge in [-0.25, -0.2) is 0 Å². The molecule has 300 valence electrons. The second-order valence-corrected chi connectivity index (χ2v) is 17.2. The summed E-state index contributed by atoms with van der Waals surface area (Å²) in [5.74, 6) is 2.91. The van der Waals surface area contributed by atoms with Crippen molar-refractivity contribution in [1.82, 2.24) is 0 Å². The molecule has 8 nitrogen and oxygen atoms in total. The van der Waals surface area contributed by atoms with E-state index in [1.54, 1.807) is 46.4 Å². The third kappa shape index (κ3) is 7.35. The van der Waals surface area contributed by atoms with Gasteiger partial charge < -0.3 is 18.9 Å². The van der Waals surface area contributed by atoms with Gasteiger partial charge in [-0.15, -0.1) is 44.2 Å². The zero-order chi connectivity index (χ0) is 41.1. The maximum absolute atomic E-state index is 6.11. The first kappa shape index (κ1) is 38.5. The average Bonchev–Trinajstić information content (AvgIpc) is 4.14. The number of nitrogens with zero attached hydrogens (tertiary/aromatic N) is 4. The highest BCUT2D eigenvalue weighted by molar-refractivity contribution is 7.16. The normalized spacial score (nSPS) is 14.3. The van der Waals surface area contributed by atoms with E-state index in [0.717, 1.165) is 74.4 Å². The Morgan fingerprint density at radius 2 is 0.689 bits per heavy atom. The Labute approximate surface area is 365 Å². The number of benzene rings is 4. The molecule has 5 heterocycles. The predicted molar refractivity (Wildman–Crippen MR) is 254 cm³/mol. The molecule has 61 heavy (non-hydrogen) atoms. The van der Waals surface area contributed by atoms with Crippen molar-refractivity contribution in [3.8, 4) is 45.3 Å². The molecule has 2 aliphatic heterocycles. The maximum atomic E-state index is 6.11. The maximum Gasteiger partial charge on any atom is 0.181 e. The zero-order valence-corrected chi connectivity index (χ0v) is 35.8. The molecule has 0 amide bonds. The second kappa shape index (κ2) is 17.1. The summed E-state index contributed by atoms with van der Waals surface area (Å²) in [6.07, 6.45) is 11.9.